The average molecular weight is 295 g/mol. The number of hydrogen-bond acceptors (Lipinski definition) is 2. The first-order valence-corrected chi connectivity index (χ1v) is 7.85. The van der Waals surface area contributed by atoms with Gasteiger partial charge in [0.25, 0.3) is 0 Å². The molecule has 0 bridgehead atoms. The SMILES string of the molecule is CCC(NCC(=O)N1CCCCC1)c1cccc(Cl)c1. The van der Waals surface area contributed by atoms with E-state index in [1.54, 1.807) is 0 Å². The number of nitrogens with zero attached hydrogens (tertiary/aromatic N) is 1. The molecule has 1 unspecified atom stereocenters. The summed E-state index contributed by atoms with van der Waals surface area (Å²) < 4.78 is 0. The van der Waals surface area contributed by atoms with Gasteiger partial charge in [-0.3, -0.25) is 4.79 Å². The first-order valence-electron chi connectivity index (χ1n) is 7.47. The van der Waals surface area contributed by atoms with Crippen LogP contribution in [0.15, 0.2) is 24.3 Å². The summed E-state index contributed by atoms with van der Waals surface area (Å²) in [7, 11) is 0. The van der Waals surface area contributed by atoms with Crippen LogP contribution in [0.1, 0.15) is 44.2 Å². The highest BCUT2D eigenvalue weighted by Crippen LogP contribution is 2.20. The smallest absolute Gasteiger partial charge is 0.236 e. The standard InChI is InChI=1S/C16H23ClN2O/c1-2-15(13-7-6-8-14(17)11-13)18-12-16(20)19-9-4-3-5-10-19/h6-8,11,15,18H,2-5,9-10,12H2,1H3. The molecule has 1 aromatic carbocycles. The van der Waals surface area contributed by atoms with E-state index in [2.05, 4.69) is 18.3 Å². The minimum atomic E-state index is 0.183. The van der Waals surface area contributed by atoms with Crippen LogP contribution in [0.2, 0.25) is 5.02 Å². The maximum Gasteiger partial charge on any atom is 0.236 e. The monoisotopic (exact) mass is 294 g/mol. The van der Waals surface area contributed by atoms with Crippen molar-refractivity contribution in [3.8, 4) is 0 Å². The lowest BCUT2D eigenvalue weighted by Gasteiger charge is -2.28. The molecule has 20 heavy (non-hydrogen) atoms. The summed E-state index contributed by atoms with van der Waals surface area (Å²) in [4.78, 5) is 14.1. The van der Waals surface area contributed by atoms with Gasteiger partial charge in [0, 0.05) is 24.2 Å². The summed E-state index contributed by atoms with van der Waals surface area (Å²) in [5.74, 6) is 0.213. The van der Waals surface area contributed by atoms with E-state index in [0.29, 0.717) is 6.54 Å². The molecule has 110 valence electrons. The third kappa shape index (κ3) is 4.22. The van der Waals surface area contributed by atoms with Gasteiger partial charge in [-0.2, -0.15) is 0 Å². The first kappa shape index (κ1) is 15.3. The van der Waals surface area contributed by atoms with Crippen LogP contribution in [0.25, 0.3) is 0 Å². The molecule has 1 amide bonds. The van der Waals surface area contributed by atoms with Crippen molar-refractivity contribution in [2.75, 3.05) is 19.6 Å². The number of rotatable bonds is 5. The third-order valence-corrected chi connectivity index (χ3v) is 4.10. The second-order valence-corrected chi connectivity index (χ2v) is 5.77. The predicted octanol–water partition coefficient (Wildman–Crippen LogP) is 3.39. The topological polar surface area (TPSA) is 32.3 Å². The predicted molar refractivity (Wildman–Crippen MR) is 82.9 cm³/mol. The van der Waals surface area contributed by atoms with Crippen molar-refractivity contribution in [1.29, 1.82) is 0 Å². The van der Waals surface area contributed by atoms with Crippen LogP contribution >= 0.6 is 11.6 Å². The van der Waals surface area contributed by atoms with Gasteiger partial charge in [-0.1, -0.05) is 30.7 Å². The minimum Gasteiger partial charge on any atom is -0.342 e. The van der Waals surface area contributed by atoms with E-state index in [-0.39, 0.29) is 11.9 Å². The molecule has 4 heteroatoms. The van der Waals surface area contributed by atoms with Gasteiger partial charge in [0.15, 0.2) is 0 Å². The number of likely N-dealkylation sites (tertiary alicyclic amines) is 1. The van der Waals surface area contributed by atoms with Crippen LogP contribution in [-0.4, -0.2) is 30.4 Å². The maximum atomic E-state index is 12.2. The Morgan fingerprint density at radius 1 is 1.35 bits per heavy atom. The van der Waals surface area contributed by atoms with E-state index < -0.39 is 0 Å². The summed E-state index contributed by atoms with van der Waals surface area (Å²) in [6.45, 7) is 4.35. The van der Waals surface area contributed by atoms with Crippen LogP contribution in [0.3, 0.4) is 0 Å². The van der Waals surface area contributed by atoms with E-state index in [1.165, 1.54) is 6.42 Å². The number of piperidine rings is 1. The Kier molecular flexibility index (Phi) is 5.86. The highest BCUT2D eigenvalue weighted by atomic mass is 35.5. The highest BCUT2D eigenvalue weighted by Gasteiger charge is 2.17. The molecular weight excluding hydrogens is 272 g/mol. The fourth-order valence-electron chi connectivity index (χ4n) is 2.69. The Bertz CT molecular complexity index is 444. The normalized spacial score (nSPS) is 17.0. The van der Waals surface area contributed by atoms with Gasteiger partial charge in [0.2, 0.25) is 5.91 Å². The summed E-state index contributed by atoms with van der Waals surface area (Å²) in [6, 6.07) is 8.03. The van der Waals surface area contributed by atoms with Crippen molar-refractivity contribution in [1.82, 2.24) is 10.2 Å². The summed E-state index contributed by atoms with van der Waals surface area (Å²) in [5, 5.41) is 4.10. The number of nitrogens with one attached hydrogen (secondary N) is 1. The quantitative estimate of drug-likeness (QED) is 0.903. The van der Waals surface area contributed by atoms with Crippen molar-refractivity contribution in [2.24, 2.45) is 0 Å². The molecule has 1 fully saturated rings. The van der Waals surface area contributed by atoms with E-state index in [4.69, 9.17) is 11.6 Å². The maximum absolute atomic E-state index is 12.2. The summed E-state index contributed by atoms with van der Waals surface area (Å²) in [6.07, 6.45) is 4.46. The average Bonchev–Trinajstić information content (AvgIpc) is 2.48. The first-order chi connectivity index (χ1) is 9.70. The number of benzene rings is 1. The summed E-state index contributed by atoms with van der Waals surface area (Å²) in [5.41, 5.74) is 1.14. The molecule has 1 atom stereocenters. The largest absolute Gasteiger partial charge is 0.342 e. The Morgan fingerprint density at radius 3 is 2.75 bits per heavy atom. The molecule has 1 N–H and O–H groups in total. The molecule has 0 aromatic heterocycles. The Morgan fingerprint density at radius 2 is 2.10 bits per heavy atom. The Balaban J connectivity index is 1.88. The van der Waals surface area contributed by atoms with E-state index in [9.17, 15) is 4.79 Å². The molecule has 2 rings (SSSR count). The Labute approximate surface area is 126 Å². The molecule has 1 saturated heterocycles. The number of amides is 1. The zero-order valence-corrected chi connectivity index (χ0v) is 12.8. The number of carbonyl (C=O) groups is 1. The Hall–Kier alpha value is -1.06. The van der Waals surface area contributed by atoms with Gasteiger partial charge in [-0.15, -0.1) is 0 Å². The van der Waals surface area contributed by atoms with Crippen molar-refractivity contribution in [2.45, 2.75) is 38.6 Å². The molecule has 0 spiro atoms. The molecule has 0 radical (unpaired) electrons. The van der Waals surface area contributed by atoms with Crippen LogP contribution in [0.4, 0.5) is 0 Å². The molecule has 1 heterocycles. The van der Waals surface area contributed by atoms with Crippen LogP contribution in [-0.2, 0) is 4.79 Å². The van der Waals surface area contributed by atoms with E-state index in [1.807, 2.05) is 23.1 Å². The molecular formula is C16H23ClN2O. The number of hydrogen-bond donors (Lipinski definition) is 1. The second kappa shape index (κ2) is 7.65. The van der Waals surface area contributed by atoms with Crippen LogP contribution < -0.4 is 5.32 Å². The fraction of sp³-hybridized carbons (Fsp3) is 0.562. The number of halogens is 1. The second-order valence-electron chi connectivity index (χ2n) is 5.34. The summed E-state index contributed by atoms with van der Waals surface area (Å²) >= 11 is 6.03. The van der Waals surface area contributed by atoms with E-state index in [0.717, 1.165) is 42.9 Å². The van der Waals surface area contributed by atoms with Gasteiger partial charge in [-0.05, 0) is 43.4 Å². The molecule has 1 aliphatic heterocycles. The molecule has 0 aliphatic carbocycles. The number of carbonyl (C=O) groups excluding carboxylic acids is 1. The van der Waals surface area contributed by atoms with Crippen LogP contribution in [0.5, 0.6) is 0 Å². The minimum absolute atomic E-state index is 0.183. The lowest BCUT2D eigenvalue weighted by atomic mass is 10.0. The van der Waals surface area contributed by atoms with Crippen molar-refractivity contribution in [3.05, 3.63) is 34.9 Å². The highest BCUT2D eigenvalue weighted by molar-refractivity contribution is 6.30. The molecule has 1 aromatic rings. The van der Waals surface area contributed by atoms with Gasteiger partial charge in [-0.25, -0.2) is 0 Å². The van der Waals surface area contributed by atoms with E-state index >= 15 is 0 Å². The van der Waals surface area contributed by atoms with Gasteiger partial charge in [0.1, 0.15) is 0 Å². The lowest BCUT2D eigenvalue weighted by Crippen LogP contribution is -2.41. The lowest BCUT2D eigenvalue weighted by molar-refractivity contribution is -0.131. The van der Waals surface area contributed by atoms with Crippen LogP contribution in [0, 0.1) is 0 Å². The van der Waals surface area contributed by atoms with Crippen molar-refractivity contribution in [3.63, 3.8) is 0 Å². The third-order valence-electron chi connectivity index (χ3n) is 3.87. The fourth-order valence-corrected chi connectivity index (χ4v) is 2.89. The zero-order chi connectivity index (χ0) is 14.4. The zero-order valence-electron chi connectivity index (χ0n) is 12.1. The van der Waals surface area contributed by atoms with Crippen molar-refractivity contribution < 1.29 is 4.79 Å². The van der Waals surface area contributed by atoms with Gasteiger partial charge >= 0.3 is 0 Å². The van der Waals surface area contributed by atoms with Gasteiger partial charge in [0.05, 0.1) is 6.54 Å². The van der Waals surface area contributed by atoms with Gasteiger partial charge < -0.3 is 10.2 Å². The molecule has 0 saturated carbocycles. The molecule has 1 aliphatic rings. The van der Waals surface area contributed by atoms with Crippen molar-refractivity contribution >= 4 is 17.5 Å². The molecule has 3 nitrogen and oxygen atoms in total.